The van der Waals surface area contributed by atoms with Crippen LogP contribution in [0.15, 0.2) is 6.07 Å². The van der Waals surface area contributed by atoms with Crippen LogP contribution in [0.1, 0.15) is 68.8 Å². The lowest BCUT2D eigenvalue weighted by Crippen LogP contribution is -2.44. The van der Waals surface area contributed by atoms with Crippen LogP contribution in [0.25, 0.3) is 0 Å². The van der Waals surface area contributed by atoms with Crippen LogP contribution >= 0.6 is 0 Å². The van der Waals surface area contributed by atoms with Gasteiger partial charge in [0.25, 0.3) is 0 Å². The summed E-state index contributed by atoms with van der Waals surface area (Å²) in [6, 6.07) is 2.40. The molecule has 1 amide bonds. The van der Waals surface area contributed by atoms with Gasteiger partial charge in [0.2, 0.25) is 5.91 Å². The van der Waals surface area contributed by atoms with Gasteiger partial charge in [0.15, 0.2) is 0 Å². The number of hydrogen-bond acceptors (Lipinski definition) is 5. The van der Waals surface area contributed by atoms with Gasteiger partial charge in [0, 0.05) is 42.7 Å². The second kappa shape index (κ2) is 7.51. The van der Waals surface area contributed by atoms with Gasteiger partial charge in [-0.15, -0.1) is 0 Å². The molecule has 2 aliphatic carbocycles. The van der Waals surface area contributed by atoms with E-state index in [1.807, 2.05) is 13.0 Å². The monoisotopic (exact) mass is 358 g/mol. The third kappa shape index (κ3) is 3.85. The lowest BCUT2D eigenvalue weighted by molar-refractivity contribution is -0.136. The molecule has 0 spiro atoms. The van der Waals surface area contributed by atoms with E-state index in [2.05, 4.69) is 20.2 Å². The molecular formula is C20H30N4O2. The normalized spacial score (nSPS) is 27.4. The summed E-state index contributed by atoms with van der Waals surface area (Å²) < 4.78 is 0. The highest BCUT2D eigenvalue weighted by Crippen LogP contribution is 2.36. The first kappa shape index (κ1) is 17.7. The fraction of sp³-hybridized carbons (Fsp3) is 0.750. The van der Waals surface area contributed by atoms with Crippen LogP contribution in [0.2, 0.25) is 0 Å². The standard InChI is InChI=1S/C20H30N4O2/c1-13-21-18(15-10-17(25)11-15)12-19(22-13)23-16-6-8-24(9-7-16)20(26)14-4-2-3-5-14/h12,14-17,25H,2-11H2,1H3,(H,21,22,23). The van der Waals surface area contributed by atoms with Crippen molar-refractivity contribution in [2.45, 2.75) is 76.4 Å². The number of nitrogens with one attached hydrogen (secondary N) is 1. The lowest BCUT2D eigenvalue weighted by Gasteiger charge is -2.34. The molecule has 1 aromatic rings. The largest absolute Gasteiger partial charge is 0.393 e. The molecule has 1 aromatic heterocycles. The molecule has 0 radical (unpaired) electrons. The number of hydrogen-bond donors (Lipinski definition) is 2. The van der Waals surface area contributed by atoms with Gasteiger partial charge in [-0.25, -0.2) is 9.97 Å². The molecule has 0 bridgehead atoms. The Hall–Kier alpha value is -1.69. The van der Waals surface area contributed by atoms with E-state index >= 15 is 0 Å². The Labute approximate surface area is 155 Å². The number of amides is 1. The van der Waals surface area contributed by atoms with Gasteiger partial charge < -0.3 is 15.3 Å². The summed E-state index contributed by atoms with van der Waals surface area (Å²) in [5.74, 6) is 2.68. The third-order valence-corrected chi connectivity index (χ3v) is 6.25. The summed E-state index contributed by atoms with van der Waals surface area (Å²) >= 11 is 0. The maximum Gasteiger partial charge on any atom is 0.225 e. The molecule has 6 heteroatoms. The Morgan fingerprint density at radius 1 is 1.15 bits per heavy atom. The number of carbonyl (C=O) groups is 1. The number of aliphatic hydroxyl groups excluding tert-OH is 1. The van der Waals surface area contributed by atoms with E-state index in [1.54, 1.807) is 0 Å². The molecule has 0 atom stereocenters. The third-order valence-electron chi connectivity index (χ3n) is 6.25. The van der Waals surface area contributed by atoms with Crippen LogP contribution in [0.5, 0.6) is 0 Å². The van der Waals surface area contributed by atoms with Crippen LogP contribution in [-0.4, -0.2) is 51.1 Å². The average molecular weight is 358 g/mol. The first-order valence-corrected chi connectivity index (χ1v) is 10.2. The highest BCUT2D eigenvalue weighted by molar-refractivity contribution is 5.79. The van der Waals surface area contributed by atoms with E-state index in [1.165, 1.54) is 12.8 Å². The Morgan fingerprint density at radius 3 is 2.50 bits per heavy atom. The van der Waals surface area contributed by atoms with Crippen molar-refractivity contribution in [3.63, 3.8) is 0 Å². The number of aliphatic hydroxyl groups is 1. The van der Waals surface area contributed by atoms with Gasteiger partial charge in [0.1, 0.15) is 11.6 Å². The van der Waals surface area contributed by atoms with Crippen molar-refractivity contribution < 1.29 is 9.90 Å². The van der Waals surface area contributed by atoms with E-state index in [9.17, 15) is 9.90 Å². The topological polar surface area (TPSA) is 78.4 Å². The molecule has 3 aliphatic rings. The average Bonchev–Trinajstić information content (AvgIpc) is 3.13. The molecule has 1 saturated heterocycles. The fourth-order valence-electron chi connectivity index (χ4n) is 4.59. The van der Waals surface area contributed by atoms with Crippen LogP contribution < -0.4 is 5.32 Å². The van der Waals surface area contributed by atoms with Gasteiger partial charge >= 0.3 is 0 Å². The molecule has 0 aromatic carbocycles. The number of anilines is 1. The molecule has 3 fully saturated rings. The number of likely N-dealkylation sites (tertiary alicyclic amines) is 1. The van der Waals surface area contributed by atoms with Crippen LogP contribution in [0, 0.1) is 12.8 Å². The van der Waals surface area contributed by atoms with Crippen LogP contribution in [0.3, 0.4) is 0 Å². The minimum Gasteiger partial charge on any atom is -0.393 e. The van der Waals surface area contributed by atoms with Crippen molar-refractivity contribution in [3.8, 4) is 0 Å². The molecule has 0 unspecified atom stereocenters. The second-order valence-electron chi connectivity index (χ2n) is 8.27. The van der Waals surface area contributed by atoms with Gasteiger partial charge in [-0.1, -0.05) is 12.8 Å². The van der Waals surface area contributed by atoms with Crippen molar-refractivity contribution >= 4 is 11.7 Å². The summed E-state index contributed by atoms with van der Waals surface area (Å²) in [7, 11) is 0. The predicted molar refractivity (Wildman–Crippen MR) is 99.9 cm³/mol. The maximum absolute atomic E-state index is 12.6. The molecule has 2 heterocycles. The van der Waals surface area contributed by atoms with E-state index in [0.29, 0.717) is 17.9 Å². The second-order valence-corrected chi connectivity index (χ2v) is 8.27. The number of carbonyl (C=O) groups excluding carboxylic acids is 1. The minimum absolute atomic E-state index is 0.173. The smallest absolute Gasteiger partial charge is 0.225 e. The quantitative estimate of drug-likeness (QED) is 0.865. The summed E-state index contributed by atoms with van der Waals surface area (Å²) in [5.41, 5.74) is 1.04. The summed E-state index contributed by atoms with van der Waals surface area (Å²) in [6.07, 6.45) is 7.95. The first-order chi connectivity index (χ1) is 12.6. The number of rotatable bonds is 4. The van der Waals surface area contributed by atoms with Crippen molar-refractivity contribution in [2.75, 3.05) is 18.4 Å². The molecule has 2 saturated carbocycles. The Balaban J connectivity index is 1.32. The highest BCUT2D eigenvalue weighted by Gasteiger charge is 2.31. The van der Waals surface area contributed by atoms with Crippen molar-refractivity contribution in [3.05, 3.63) is 17.6 Å². The summed E-state index contributed by atoms with van der Waals surface area (Å²) in [5, 5.41) is 13.1. The Morgan fingerprint density at radius 2 is 1.85 bits per heavy atom. The first-order valence-electron chi connectivity index (χ1n) is 10.2. The fourth-order valence-corrected chi connectivity index (χ4v) is 4.59. The van der Waals surface area contributed by atoms with Gasteiger partial charge in [-0.2, -0.15) is 0 Å². The van der Waals surface area contributed by atoms with E-state index in [4.69, 9.17) is 0 Å². The zero-order chi connectivity index (χ0) is 18.1. The van der Waals surface area contributed by atoms with Crippen molar-refractivity contribution in [2.24, 2.45) is 5.92 Å². The van der Waals surface area contributed by atoms with E-state index in [-0.39, 0.29) is 12.0 Å². The van der Waals surface area contributed by atoms with Gasteiger partial charge in [-0.05, 0) is 45.4 Å². The summed E-state index contributed by atoms with van der Waals surface area (Å²) in [6.45, 7) is 3.62. The highest BCUT2D eigenvalue weighted by atomic mass is 16.3. The minimum atomic E-state index is -0.173. The molecular weight excluding hydrogens is 328 g/mol. The lowest BCUT2D eigenvalue weighted by atomic mass is 9.80. The molecule has 2 N–H and O–H groups in total. The number of nitrogens with zero attached hydrogens (tertiary/aromatic N) is 3. The Bertz CT molecular complexity index is 645. The van der Waals surface area contributed by atoms with Crippen LogP contribution in [0.4, 0.5) is 5.82 Å². The van der Waals surface area contributed by atoms with Crippen molar-refractivity contribution in [1.29, 1.82) is 0 Å². The SMILES string of the molecule is Cc1nc(NC2CCN(C(=O)C3CCCC3)CC2)cc(C2CC(O)C2)n1. The van der Waals surface area contributed by atoms with Gasteiger partial charge in [-0.3, -0.25) is 4.79 Å². The summed E-state index contributed by atoms with van der Waals surface area (Å²) in [4.78, 5) is 23.7. The zero-order valence-electron chi connectivity index (χ0n) is 15.7. The van der Waals surface area contributed by atoms with Crippen molar-refractivity contribution in [1.82, 2.24) is 14.9 Å². The molecule has 4 rings (SSSR count). The van der Waals surface area contributed by atoms with Crippen LogP contribution in [-0.2, 0) is 4.79 Å². The molecule has 6 nitrogen and oxygen atoms in total. The maximum atomic E-state index is 12.6. The van der Waals surface area contributed by atoms with E-state index < -0.39 is 0 Å². The molecule has 1 aliphatic heterocycles. The molecule has 142 valence electrons. The number of piperidine rings is 1. The zero-order valence-corrected chi connectivity index (χ0v) is 15.7. The van der Waals surface area contributed by atoms with E-state index in [0.717, 1.165) is 69.0 Å². The Kier molecular flexibility index (Phi) is 5.11. The number of aryl methyl sites for hydroxylation is 1. The van der Waals surface area contributed by atoms with Gasteiger partial charge in [0.05, 0.1) is 6.10 Å². The predicted octanol–water partition coefficient (Wildman–Crippen LogP) is 2.62. The number of aromatic nitrogens is 2. The molecule has 26 heavy (non-hydrogen) atoms.